The van der Waals surface area contributed by atoms with Gasteiger partial charge in [-0.25, -0.2) is 9.37 Å². The first kappa shape index (κ1) is 20.7. The second-order valence-corrected chi connectivity index (χ2v) is 8.63. The maximum absolute atomic E-state index is 13.0. The third-order valence-electron chi connectivity index (χ3n) is 6.61. The van der Waals surface area contributed by atoms with E-state index in [-0.39, 0.29) is 11.9 Å². The summed E-state index contributed by atoms with van der Waals surface area (Å²) in [5.41, 5.74) is 1.29. The average molecular weight is 411 g/mol. The lowest BCUT2D eigenvalue weighted by Gasteiger charge is -2.32. The predicted octanol–water partition coefficient (Wildman–Crippen LogP) is 2.21. The molecule has 0 saturated carbocycles. The van der Waals surface area contributed by atoms with Crippen LogP contribution in [0.15, 0.2) is 35.3 Å². The first-order chi connectivity index (χ1) is 14.5. The van der Waals surface area contributed by atoms with Crippen molar-refractivity contribution in [2.45, 2.75) is 51.1 Å². The molecule has 2 unspecified atom stereocenters. The molecule has 1 aromatic rings. The maximum atomic E-state index is 13.0. The van der Waals surface area contributed by atoms with Gasteiger partial charge in [0.25, 0.3) is 17.8 Å². The summed E-state index contributed by atoms with van der Waals surface area (Å²) in [6.45, 7) is 4.79. The van der Waals surface area contributed by atoms with Gasteiger partial charge in [-0.3, -0.25) is 19.5 Å². The zero-order valence-electron chi connectivity index (χ0n) is 18.3. The highest BCUT2D eigenvalue weighted by Gasteiger charge is 2.53. The molecule has 0 bridgehead atoms. The number of hydrogen-bond donors (Lipinski definition) is 0. The minimum atomic E-state index is -0.497. The number of likely N-dealkylation sites (tertiary alicyclic amines) is 1. The molecule has 160 valence electrons. The number of imide groups is 1. The topological polar surface area (TPSA) is 59.2 Å². The van der Waals surface area contributed by atoms with Gasteiger partial charge in [0.2, 0.25) is 0 Å². The summed E-state index contributed by atoms with van der Waals surface area (Å²) in [5, 5.41) is 0. The van der Waals surface area contributed by atoms with Gasteiger partial charge in [0.05, 0.1) is 6.54 Å². The zero-order valence-corrected chi connectivity index (χ0v) is 18.3. The Morgan fingerprint density at radius 3 is 2.60 bits per heavy atom. The Balaban J connectivity index is 1.58. The molecular formula is C23H32N5O2+. The lowest BCUT2D eigenvalue weighted by Crippen LogP contribution is -2.61. The fourth-order valence-corrected chi connectivity index (χ4v) is 4.71. The second kappa shape index (κ2) is 8.68. The summed E-state index contributed by atoms with van der Waals surface area (Å²) in [5.74, 6) is 1.31. The van der Waals surface area contributed by atoms with Gasteiger partial charge >= 0.3 is 11.9 Å². The van der Waals surface area contributed by atoms with Gasteiger partial charge in [-0.15, -0.1) is 0 Å². The van der Waals surface area contributed by atoms with Gasteiger partial charge < -0.3 is 0 Å². The molecule has 0 spiro atoms. The van der Waals surface area contributed by atoms with Crippen molar-refractivity contribution in [1.82, 2.24) is 14.7 Å². The molecule has 30 heavy (non-hydrogen) atoms. The maximum Gasteiger partial charge on any atom is 0.333 e. The van der Waals surface area contributed by atoms with Crippen LogP contribution < -0.4 is 0 Å². The first-order valence-electron chi connectivity index (χ1n) is 11.0. The number of urea groups is 1. The van der Waals surface area contributed by atoms with E-state index in [9.17, 15) is 9.59 Å². The molecule has 0 aromatic heterocycles. The number of benzene rings is 1. The molecule has 2 atom stereocenters. The van der Waals surface area contributed by atoms with E-state index in [1.165, 1.54) is 34.6 Å². The molecule has 0 aliphatic carbocycles. The lowest BCUT2D eigenvalue weighted by molar-refractivity contribution is -0.536. The number of piperidine rings is 1. The van der Waals surface area contributed by atoms with Crippen LogP contribution in [-0.2, 0) is 11.2 Å². The van der Waals surface area contributed by atoms with Crippen LogP contribution in [0, 0.1) is 0 Å². The van der Waals surface area contributed by atoms with E-state index in [4.69, 9.17) is 4.99 Å². The number of amides is 3. The monoisotopic (exact) mass is 410 g/mol. The van der Waals surface area contributed by atoms with Crippen molar-refractivity contribution in [1.29, 1.82) is 0 Å². The van der Waals surface area contributed by atoms with Gasteiger partial charge in [-0.2, -0.15) is 0 Å². The number of fused-ring (bicyclic) bond motifs is 1. The molecule has 0 radical (unpaired) electrons. The molecule has 3 aliphatic heterocycles. The molecule has 1 aromatic carbocycles. The number of carbonyl (C=O) groups excluding carboxylic acids is 2. The Bertz CT molecular complexity index is 879. The number of rotatable bonds is 6. The van der Waals surface area contributed by atoms with Gasteiger partial charge in [-0.05, 0) is 49.7 Å². The normalized spacial score (nSPS) is 25.1. The summed E-state index contributed by atoms with van der Waals surface area (Å²) in [6.07, 6.45) is 5.54. The second-order valence-electron chi connectivity index (χ2n) is 8.63. The minimum absolute atomic E-state index is 0.182. The molecule has 4 rings (SSSR count). The lowest BCUT2D eigenvalue weighted by atomic mass is 10.0. The van der Waals surface area contributed by atoms with E-state index in [1.54, 1.807) is 14.1 Å². The molecule has 7 nitrogen and oxygen atoms in total. The highest BCUT2D eigenvalue weighted by Crippen LogP contribution is 2.22. The Kier molecular flexibility index (Phi) is 5.99. The third kappa shape index (κ3) is 3.90. The van der Waals surface area contributed by atoms with Crippen molar-refractivity contribution in [2.75, 3.05) is 33.7 Å². The van der Waals surface area contributed by atoms with Crippen LogP contribution in [0.1, 0.15) is 38.2 Å². The van der Waals surface area contributed by atoms with E-state index in [0.29, 0.717) is 11.9 Å². The smallest absolute Gasteiger partial charge is 0.289 e. The standard InChI is InChI=1S/C23H32N5O2/c1-17-10-7-8-14-27(17)16-19-24-21-20(22(29)26(3)23(30)25(21)2)28(19)15-9-13-18-11-5-4-6-12-18/h4-6,11-12,17,20H,7-10,13-16H2,1-3H3/q+1. The van der Waals surface area contributed by atoms with Crippen LogP contribution in [0.4, 0.5) is 4.79 Å². The minimum Gasteiger partial charge on any atom is -0.289 e. The van der Waals surface area contributed by atoms with Crippen LogP contribution in [0.2, 0.25) is 0 Å². The predicted molar refractivity (Wildman–Crippen MR) is 117 cm³/mol. The fraction of sp³-hybridized carbons (Fsp3) is 0.565. The van der Waals surface area contributed by atoms with E-state index in [1.807, 2.05) is 6.07 Å². The Labute approximate surface area is 178 Å². The van der Waals surface area contributed by atoms with E-state index >= 15 is 0 Å². The summed E-state index contributed by atoms with van der Waals surface area (Å²) in [7, 11) is 3.27. The Morgan fingerprint density at radius 2 is 1.87 bits per heavy atom. The Hall–Kier alpha value is -2.54. The molecule has 3 amide bonds. The molecule has 7 heteroatoms. The zero-order chi connectivity index (χ0) is 21.3. The van der Waals surface area contributed by atoms with Crippen molar-refractivity contribution < 1.29 is 14.2 Å². The SMILES string of the molecule is CC1CCCCN1CC1=[N+](CCCc2ccccc2)C2C(=O)N(C)C(=O)N(C)C2=N1. The van der Waals surface area contributed by atoms with Crippen molar-refractivity contribution in [3.05, 3.63) is 35.9 Å². The van der Waals surface area contributed by atoms with E-state index in [2.05, 4.69) is 40.7 Å². The number of amidine groups is 2. The number of nitrogens with zero attached hydrogens (tertiary/aromatic N) is 5. The summed E-state index contributed by atoms with van der Waals surface area (Å²) in [4.78, 5) is 35.5. The molecule has 3 aliphatic rings. The van der Waals surface area contributed by atoms with Gasteiger partial charge in [0.15, 0.2) is 0 Å². The number of hydrogen-bond acceptors (Lipinski definition) is 4. The van der Waals surface area contributed by atoms with E-state index in [0.717, 1.165) is 38.3 Å². The first-order valence-corrected chi connectivity index (χ1v) is 11.0. The third-order valence-corrected chi connectivity index (χ3v) is 6.61. The molecule has 2 fully saturated rings. The summed E-state index contributed by atoms with van der Waals surface area (Å²) < 4.78 is 2.14. The number of aryl methyl sites for hydroxylation is 1. The number of likely N-dealkylation sites (N-methyl/N-ethyl adjacent to an activating group) is 2. The highest BCUT2D eigenvalue weighted by atomic mass is 16.2. The average Bonchev–Trinajstić information content (AvgIpc) is 3.11. The summed E-state index contributed by atoms with van der Waals surface area (Å²) in [6, 6.07) is 10.1. The van der Waals surface area contributed by atoms with Crippen molar-refractivity contribution >= 4 is 23.6 Å². The van der Waals surface area contributed by atoms with Crippen molar-refractivity contribution in [3.63, 3.8) is 0 Å². The number of aliphatic imine (C=N–C) groups is 1. The van der Waals surface area contributed by atoms with Crippen LogP contribution >= 0.6 is 0 Å². The fourth-order valence-electron chi connectivity index (χ4n) is 4.71. The van der Waals surface area contributed by atoms with Crippen LogP contribution in [0.5, 0.6) is 0 Å². The van der Waals surface area contributed by atoms with Gasteiger partial charge in [0, 0.05) is 20.1 Å². The summed E-state index contributed by atoms with van der Waals surface area (Å²) >= 11 is 0. The van der Waals surface area contributed by atoms with Gasteiger partial charge in [0.1, 0.15) is 6.54 Å². The van der Waals surface area contributed by atoms with E-state index < -0.39 is 6.04 Å². The van der Waals surface area contributed by atoms with Crippen LogP contribution in [0.25, 0.3) is 0 Å². The largest absolute Gasteiger partial charge is 0.333 e. The van der Waals surface area contributed by atoms with Crippen molar-refractivity contribution in [3.8, 4) is 0 Å². The molecule has 3 heterocycles. The highest BCUT2D eigenvalue weighted by molar-refractivity contribution is 6.23. The van der Waals surface area contributed by atoms with Crippen molar-refractivity contribution in [2.24, 2.45) is 4.99 Å². The van der Waals surface area contributed by atoms with Crippen LogP contribution in [0.3, 0.4) is 0 Å². The van der Waals surface area contributed by atoms with Crippen LogP contribution in [-0.4, -0.2) is 88.7 Å². The number of carbonyl (C=O) groups is 2. The molecule has 2 saturated heterocycles. The quantitative estimate of drug-likeness (QED) is 0.676. The molecular weight excluding hydrogens is 378 g/mol. The Morgan fingerprint density at radius 1 is 1.10 bits per heavy atom. The van der Waals surface area contributed by atoms with Gasteiger partial charge in [-0.1, -0.05) is 36.8 Å². The molecule has 0 N–H and O–H groups in total.